The maximum Gasteiger partial charge on any atom is 0.407 e. The maximum atomic E-state index is 13.4. The molecule has 118 heavy (non-hydrogen) atoms. The highest BCUT2D eigenvalue weighted by molar-refractivity contribution is 6.31. The van der Waals surface area contributed by atoms with Crippen LogP contribution in [0.1, 0.15) is 135 Å². The average Bonchev–Trinajstić information content (AvgIpc) is 0.807. The largest absolute Gasteiger partial charge is 0.507 e. The van der Waals surface area contributed by atoms with E-state index in [0.717, 1.165) is 55.9 Å². The fourth-order valence-corrected chi connectivity index (χ4v) is 11.4. The van der Waals surface area contributed by atoms with E-state index in [4.69, 9.17) is 89.6 Å². The lowest BCUT2D eigenvalue weighted by Crippen LogP contribution is -2.33. The molecule has 28 heteroatoms. The molecule has 0 unspecified atom stereocenters. The number of hydrogen-bond acceptors (Lipinski definition) is 19. The maximum absolute atomic E-state index is 13.4. The fraction of sp³-hybridized carbons (Fsp3) is 0.278. The van der Waals surface area contributed by atoms with Crippen LogP contribution in [0.3, 0.4) is 0 Å². The highest BCUT2D eigenvalue weighted by Gasteiger charge is 2.23. The molecule has 0 atom stereocenters. The minimum Gasteiger partial charge on any atom is -0.507 e. The van der Waals surface area contributed by atoms with Crippen LogP contribution in [0.5, 0.6) is 40.2 Å². The Morgan fingerprint density at radius 1 is 0.390 bits per heavy atom. The number of rotatable bonds is 28. The van der Waals surface area contributed by atoms with Gasteiger partial charge in [0.2, 0.25) is 0 Å². The quantitative estimate of drug-likeness (QED) is 0.00939. The number of carboxylic acid groups (broad SMARTS) is 1. The minimum atomic E-state index is -1.12. The van der Waals surface area contributed by atoms with E-state index >= 15 is 0 Å². The number of nitrogens with two attached hydrogens (primary N) is 2. The van der Waals surface area contributed by atoms with Crippen molar-refractivity contribution in [2.45, 2.75) is 105 Å². The third-order valence-corrected chi connectivity index (χ3v) is 17.1. The van der Waals surface area contributed by atoms with E-state index in [2.05, 4.69) is 33.5 Å². The second kappa shape index (κ2) is 46.6. The summed E-state index contributed by atoms with van der Waals surface area (Å²) in [5.74, 6) is -0.994. The topological polar surface area (TPSA) is 377 Å². The standard InChI is InChI=1S/C29H35ClN2O5.C23H26ClN3O3.C17H12ClNO3.C13H10O4.C8H17NO3/c1-5-6-15-36-26-19-22(30)12-13-24(26)32-27(33)23-17-20-10-7-8-11-21(20)18-25(23)35-16-9-14-31-28(34)37-29(2,3)4;24-18-7-8-20(22(15-18)30-12-4-10-26)27-23(28)19-13-16-5-1-2-6-17(16)14-21(19)29-11-3-9-25;18-12-5-6-14(16(21)9-12)19-17(22)13-7-10-3-1-2-4-11(10)8-15(13)20;1-8(14)17-12-7-10-5-3-2-4-9(10)6-11(12)13(15)16;1-8(2,3)12-7(11)9-5-4-6-10/h7-8,10-13,17-19H,5-6,9,14-16H2,1-4H3,(H,31,34)(H,32,33);1-2,5-8,13-15H,3-4,9-12,25-26H2,(H,27,28);1-9,20-21H,(H,19,22);2-7H,1H3,(H,15,16);10H,4-6H2,1-3H3,(H,9,11). The van der Waals surface area contributed by atoms with Crippen LogP contribution in [0.25, 0.3) is 43.1 Å². The Morgan fingerprint density at radius 2 is 0.729 bits per heavy atom. The Balaban J connectivity index is 0.000000213. The van der Waals surface area contributed by atoms with E-state index in [1.54, 1.807) is 81.4 Å². The zero-order valence-corrected chi connectivity index (χ0v) is 69.2. The molecular weight excluding hydrogens is 1570 g/mol. The normalized spacial score (nSPS) is 10.8. The van der Waals surface area contributed by atoms with Crippen LogP contribution in [-0.4, -0.2) is 133 Å². The Hall–Kier alpha value is -12.1. The number of amides is 5. The van der Waals surface area contributed by atoms with Gasteiger partial charge < -0.3 is 91.6 Å². The first-order valence-electron chi connectivity index (χ1n) is 38.1. The Bertz CT molecular complexity index is 5250. The molecule has 624 valence electrons. The summed E-state index contributed by atoms with van der Waals surface area (Å²) < 4.78 is 38.6. The number of fused-ring (bicyclic) bond motifs is 4. The molecule has 0 saturated carbocycles. The van der Waals surface area contributed by atoms with Crippen LogP contribution in [0, 0.1) is 0 Å². The molecule has 0 fully saturated rings. The molecule has 0 aliphatic carbocycles. The van der Waals surface area contributed by atoms with Gasteiger partial charge in [0.15, 0.2) is 0 Å². The molecule has 5 amide bonds. The van der Waals surface area contributed by atoms with E-state index in [0.29, 0.717) is 139 Å². The van der Waals surface area contributed by atoms with Gasteiger partial charge in [0, 0.05) is 59.9 Å². The van der Waals surface area contributed by atoms with E-state index in [-0.39, 0.29) is 52.5 Å². The first-order valence-corrected chi connectivity index (χ1v) is 39.2. The molecule has 0 aromatic heterocycles. The summed E-state index contributed by atoms with van der Waals surface area (Å²) in [6.07, 6.45) is 3.47. The summed E-state index contributed by atoms with van der Waals surface area (Å²) in [6, 6.07) is 58.4. The lowest BCUT2D eigenvalue weighted by molar-refractivity contribution is -0.131. The molecule has 0 heterocycles. The lowest BCUT2D eigenvalue weighted by Gasteiger charge is -2.19. The third kappa shape index (κ3) is 30.8. The van der Waals surface area contributed by atoms with Gasteiger partial charge in [0.25, 0.3) is 17.7 Å². The zero-order valence-electron chi connectivity index (χ0n) is 67.0. The number of carbonyl (C=O) groups is 7. The summed E-state index contributed by atoms with van der Waals surface area (Å²) in [4.78, 5) is 83.6. The minimum absolute atomic E-state index is 0.0149. The number of halogens is 3. The third-order valence-electron chi connectivity index (χ3n) is 16.4. The highest BCUT2D eigenvalue weighted by Crippen LogP contribution is 2.36. The van der Waals surface area contributed by atoms with Gasteiger partial charge in [-0.2, -0.15) is 0 Å². The number of aromatic hydroxyl groups is 2. The van der Waals surface area contributed by atoms with Crippen molar-refractivity contribution in [3.8, 4) is 40.2 Å². The van der Waals surface area contributed by atoms with Crippen molar-refractivity contribution >= 4 is 137 Å². The van der Waals surface area contributed by atoms with Crippen molar-refractivity contribution in [1.29, 1.82) is 0 Å². The molecule has 0 aliphatic heterocycles. The van der Waals surface area contributed by atoms with Gasteiger partial charge in [-0.1, -0.05) is 145 Å². The number of phenolic OH excluding ortho intramolecular Hbond substituents is 2. The van der Waals surface area contributed by atoms with E-state index in [1.165, 1.54) is 31.2 Å². The number of carbonyl (C=O) groups excluding carboxylic acids is 6. The van der Waals surface area contributed by atoms with Crippen LogP contribution in [0.4, 0.5) is 26.7 Å². The molecular formula is C90H100Cl3N7O18. The number of unbranched alkanes of at least 4 members (excludes halogenated alkanes) is 1. The molecule has 0 spiro atoms. The smallest absolute Gasteiger partial charge is 0.407 e. The molecule has 25 nitrogen and oxygen atoms in total. The van der Waals surface area contributed by atoms with Crippen LogP contribution in [0.2, 0.25) is 15.1 Å². The number of carboxylic acids is 1. The summed E-state index contributed by atoms with van der Waals surface area (Å²) in [5.41, 5.74) is 12.3. The van der Waals surface area contributed by atoms with E-state index < -0.39 is 41.2 Å². The van der Waals surface area contributed by atoms with Crippen molar-refractivity contribution in [1.82, 2.24) is 10.6 Å². The first-order chi connectivity index (χ1) is 56.3. The molecule has 0 saturated heterocycles. The molecule has 11 aromatic carbocycles. The highest BCUT2D eigenvalue weighted by atomic mass is 35.5. The van der Waals surface area contributed by atoms with Crippen molar-refractivity contribution in [3.63, 3.8) is 0 Å². The number of nitrogens with one attached hydrogen (secondary N) is 5. The van der Waals surface area contributed by atoms with Crippen LogP contribution < -0.4 is 61.7 Å². The second-order valence-corrected chi connectivity index (χ2v) is 29.6. The number of alkyl carbamates (subject to hydrolysis) is 2. The van der Waals surface area contributed by atoms with Gasteiger partial charge in [-0.15, -0.1) is 0 Å². The van der Waals surface area contributed by atoms with Gasteiger partial charge in [-0.05, 0) is 215 Å². The SMILES string of the molecule is CC(=O)Oc1cc2ccccc2cc1C(=O)O.CC(C)(C)OC(=O)NCCCO.CCCCOc1cc(Cl)ccc1NC(=O)c1cc2ccccc2cc1OCCCNC(=O)OC(C)(C)C.NCCCOc1cc(Cl)ccc1NC(=O)c1cc2ccccc2cc1OCCCN.O=C(Nc1ccc(Cl)cc1O)c1cc2ccccc2cc1O. The monoisotopic (exact) mass is 1670 g/mol. The number of hydrogen-bond donors (Lipinski definition) is 11. The lowest BCUT2D eigenvalue weighted by atomic mass is 10.0. The number of phenols is 2. The second-order valence-electron chi connectivity index (χ2n) is 28.3. The first kappa shape index (κ1) is 93.1. The number of anilines is 3. The summed E-state index contributed by atoms with van der Waals surface area (Å²) in [6.45, 7) is 17.8. The van der Waals surface area contributed by atoms with Crippen LogP contribution in [-0.2, 0) is 14.3 Å². The molecule has 11 rings (SSSR count). The van der Waals surface area contributed by atoms with Gasteiger partial charge in [0.05, 0.1) is 60.2 Å². The Kier molecular flexibility index (Phi) is 36.7. The number of aliphatic hydroxyl groups excluding tert-OH is 1. The fourth-order valence-electron chi connectivity index (χ4n) is 10.9. The van der Waals surface area contributed by atoms with Crippen molar-refractivity contribution in [3.05, 3.63) is 238 Å². The van der Waals surface area contributed by atoms with Gasteiger partial charge in [-0.25, -0.2) is 14.4 Å². The summed E-state index contributed by atoms with van der Waals surface area (Å²) in [5, 5.41) is 59.4. The van der Waals surface area contributed by atoms with Crippen molar-refractivity contribution in [2.75, 3.05) is 75.2 Å². The molecule has 11 aromatic rings. The average molecular weight is 1670 g/mol. The predicted molar refractivity (Wildman–Crippen MR) is 465 cm³/mol. The predicted octanol–water partition coefficient (Wildman–Crippen LogP) is 18.9. The van der Waals surface area contributed by atoms with Crippen molar-refractivity contribution < 1.29 is 87.1 Å². The number of ether oxygens (including phenoxy) is 7. The summed E-state index contributed by atoms with van der Waals surface area (Å²) >= 11 is 18.0. The number of aliphatic hydroxyl groups is 1. The van der Waals surface area contributed by atoms with Gasteiger partial charge in [0.1, 0.15) is 57.0 Å². The molecule has 0 aliphatic rings. The summed E-state index contributed by atoms with van der Waals surface area (Å²) in [7, 11) is 0. The number of benzene rings is 11. The molecule has 13 N–H and O–H groups in total. The van der Waals surface area contributed by atoms with Crippen LogP contribution >= 0.6 is 34.8 Å². The number of esters is 1. The Labute approximate surface area is 700 Å². The molecule has 0 bridgehead atoms. The van der Waals surface area contributed by atoms with Crippen LogP contribution in [0.15, 0.2) is 200 Å². The van der Waals surface area contributed by atoms with Gasteiger partial charge >= 0.3 is 24.1 Å². The van der Waals surface area contributed by atoms with Crippen molar-refractivity contribution in [2.24, 2.45) is 11.5 Å². The van der Waals surface area contributed by atoms with Gasteiger partial charge in [-0.3, -0.25) is 19.2 Å². The van der Waals surface area contributed by atoms with E-state index in [9.17, 15) is 43.8 Å². The number of aromatic carboxylic acids is 1. The Morgan fingerprint density at radius 3 is 1.12 bits per heavy atom. The zero-order chi connectivity index (χ0) is 85.9. The molecule has 0 radical (unpaired) electrons. The van der Waals surface area contributed by atoms with E-state index in [1.807, 2.05) is 136 Å².